The van der Waals surface area contributed by atoms with Crippen LogP contribution >= 0.6 is 0 Å². The van der Waals surface area contributed by atoms with E-state index in [-0.39, 0.29) is 6.10 Å². The summed E-state index contributed by atoms with van der Waals surface area (Å²) in [6, 6.07) is 14.6. The molecule has 1 saturated carbocycles. The van der Waals surface area contributed by atoms with Crippen LogP contribution in [0.4, 0.5) is 0 Å². The van der Waals surface area contributed by atoms with Crippen molar-refractivity contribution in [3.05, 3.63) is 48.0 Å². The molecule has 0 heterocycles. The van der Waals surface area contributed by atoms with Gasteiger partial charge in [0.05, 0.1) is 6.10 Å². The first-order valence-corrected chi connectivity index (χ1v) is 8.00. The van der Waals surface area contributed by atoms with E-state index in [9.17, 15) is 5.11 Å². The maximum absolute atomic E-state index is 10.7. The fourth-order valence-electron chi connectivity index (χ4n) is 3.58. The van der Waals surface area contributed by atoms with Crippen LogP contribution in [0.5, 0.6) is 0 Å². The topological polar surface area (TPSA) is 20.2 Å². The summed E-state index contributed by atoms with van der Waals surface area (Å²) < 4.78 is 0. The van der Waals surface area contributed by atoms with Crippen molar-refractivity contribution in [2.45, 2.75) is 51.0 Å². The van der Waals surface area contributed by atoms with Gasteiger partial charge in [0, 0.05) is 0 Å². The van der Waals surface area contributed by atoms with Crippen molar-refractivity contribution in [3.8, 4) is 0 Å². The van der Waals surface area contributed by atoms with Gasteiger partial charge < -0.3 is 5.11 Å². The van der Waals surface area contributed by atoms with Crippen molar-refractivity contribution >= 4 is 10.8 Å². The fourth-order valence-corrected chi connectivity index (χ4v) is 3.58. The van der Waals surface area contributed by atoms with Crippen molar-refractivity contribution in [2.24, 2.45) is 5.92 Å². The van der Waals surface area contributed by atoms with Gasteiger partial charge in [-0.15, -0.1) is 0 Å². The van der Waals surface area contributed by atoms with Crippen LogP contribution < -0.4 is 0 Å². The van der Waals surface area contributed by atoms with Gasteiger partial charge >= 0.3 is 0 Å². The molecule has 1 atom stereocenters. The second kappa shape index (κ2) is 6.41. The Morgan fingerprint density at radius 2 is 1.60 bits per heavy atom. The lowest BCUT2D eigenvalue weighted by Gasteiger charge is -2.20. The Kier molecular flexibility index (Phi) is 4.37. The molecule has 1 aliphatic rings. The zero-order chi connectivity index (χ0) is 13.8. The molecule has 0 spiro atoms. The lowest BCUT2D eigenvalue weighted by Crippen LogP contribution is -2.07. The average molecular weight is 268 g/mol. The molecule has 1 nitrogen and oxygen atoms in total. The highest BCUT2D eigenvalue weighted by Gasteiger charge is 2.18. The van der Waals surface area contributed by atoms with E-state index in [1.54, 1.807) is 0 Å². The number of hydrogen-bond acceptors (Lipinski definition) is 1. The second-order valence-corrected chi connectivity index (χ2v) is 6.18. The van der Waals surface area contributed by atoms with Crippen LogP contribution in [0.15, 0.2) is 42.5 Å². The van der Waals surface area contributed by atoms with Crippen LogP contribution in [0.2, 0.25) is 0 Å². The Hall–Kier alpha value is -1.34. The molecule has 1 fully saturated rings. The van der Waals surface area contributed by atoms with Crippen molar-refractivity contribution in [2.75, 3.05) is 0 Å². The molecule has 1 aliphatic carbocycles. The van der Waals surface area contributed by atoms with Gasteiger partial charge in [-0.25, -0.2) is 0 Å². The number of fused-ring (bicyclic) bond motifs is 1. The van der Waals surface area contributed by atoms with Crippen LogP contribution in [0.25, 0.3) is 10.8 Å². The Morgan fingerprint density at radius 1 is 0.900 bits per heavy atom. The van der Waals surface area contributed by atoms with E-state index in [1.807, 2.05) is 0 Å². The van der Waals surface area contributed by atoms with Gasteiger partial charge in [0.25, 0.3) is 0 Å². The van der Waals surface area contributed by atoms with Crippen molar-refractivity contribution in [3.63, 3.8) is 0 Å². The van der Waals surface area contributed by atoms with Gasteiger partial charge in [-0.05, 0) is 28.7 Å². The van der Waals surface area contributed by atoms with Gasteiger partial charge in [0.1, 0.15) is 0 Å². The lowest BCUT2D eigenvalue weighted by molar-refractivity contribution is 0.140. The van der Waals surface area contributed by atoms with Gasteiger partial charge in [0.2, 0.25) is 0 Å². The van der Waals surface area contributed by atoms with E-state index in [0.29, 0.717) is 5.92 Å². The summed E-state index contributed by atoms with van der Waals surface area (Å²) >= 11 is 0. The Bertz CT molecular complexity index is 547. The van der Waals surface area contributed by atoms with Crippen LogP contribution in [0.3, 0.4) is 0 Å². The summed E-state index contributed by atoms with van der Waals surface area (Å²) in [6.07, 6.45) is 8.63. The monoisotopic (exact) mass is 268 g/mol. The third-order valence-electron chi connectivity index (χ3n) is 4.71. The van der Waals surface area contributed by atoms with Gasteiger partial charge in [-0.1, -0.05) is 81.0 Å². The molecule has 2 aromatic carbocycles. The molecule has 1 unspecified atom stereocenters. The van der Waals surface area contributed by atoms with E-state index in [4.69, 9.17) is 0 Å². The largest absolute Gasteiger partial charge is 0.388 e. The SMILES string of the molecule is OC(CC1CCCCCC1)c1cccc2ccccc12. The summed E-state index contributed by atoms with van der Waals surface area (Å²) in [5.41, 5.74) is 1.10. The molecule has 0 radical (unpaired) electrons. The molecule has 1 heteroatoms. The molecule has 20 heavy (non-hydrogen) atoms. The standard InChI is InChI=1S/C19H24O/c20-19(14-15-8-3-1-2-4-9-15)18-13-7-11-16-10-5-6-12-17(16)18/h5-7,10-13,15,19-20H,1-4,8-9,14H2. The van der Waals surface area contributed by atoms with Crippen molar-refractivity contribution in [1.29, 1.82) is 0 Å². The van der Waals surface area contributed by atoms with Gasteiger partial charge in [0.15, 0.2) is 0 Å². The third-order valence-corrected chi connectivity index (χ3v) is 4.71. The highest BCUT2D eigenvalue weighted by atomic mass is 16.3. The van der Waals surface area contributed by atoms with E-state index in [2.05, 4.69) is 42.5 Å². The quantitative estimate of drug-likeness (QED) is 0.755. The Balaban J connectivity index is 1.79. The number of aliphatic hydroxyl groups excluding tert-OH is 1. The number of benzene rings is 2. The first-order valence-electron chi connectivity index (χ1n) is 8.00. The smallest absolute Gasteiger partial charge is 0.0798 e. The summed E-state index contributed by atoms with van der Waals surface area (Å²) in [5, 5.41) is 13.1. The van der Waals surface area contributed by atoms with Crippen molar-refractivity contribution in [1.82, 2.24) is 0 Å². The normalized spacial score (nSPS) is 18.9. The highest BCUT2D eigenvalue weighted by Crippen LogP contribution is 2.33. The highest BCUT2D eigenvalue weighted by molar-refractivity contribution is 5.85. The first kappa shape index (κ1) is 13.6. The summed E-state index contributed by atoms with van der Waals surface area (Å²) in [6.45, 7) is 0. The predicted octanol–water partition coefficient (Wildman–Crippen LogP) is 5.23. The number of rotatable bonds is 3. The summed E-state index contributed by atoms with van der Waals surface area (Å²) in [5.74, 6) is 0.700. The molecule has 0 saturated heterocycles. The van der Waals surface area contributed by atoms with Crippen LogP contribution in [0.1, 0.15) is 56.6 Å². The lowest BCUT2D eigenvalue weighted by atomic mass is 9.89. The zero-order valence-corrected chi connectivity index (χ0v) is 12.1. The Labute approximate surface area is 121 Å². The third kappa shape index (κ3) is 3.04. The molecule has 2 aromatic rings. The molecule has 1 N–H and O–H groups in total. The van der Waals surface area contributed by atoms with Crippen LogP contribution in [-0.2, 0) is 0 Å². The first-order chi connectivity index (χ1) is 9.84. The molecule has 0 aliphatic heterocycles. The minimum absolute atomic E-state index is 0.316. The molecule has 0 aromatic heterocycles. The second-order valence-electron chi connectivity index (χ2n) is 6.18. The molecular weight excluding hydrogens is 244 g/mol. The maximum Gasteiger partial charge on any atom is 0.0798 e. The van der Waals surface area contributed by atoms with E-state index in [0.717, 1.165) is 12.0 Å². The summed E-state index contributed by atoms with van der Waals surface area (Å²) in [4.78, 5) is 0. The zero-order valence-electron chi connectivity index (χ0n) is 12.1. The van der Waals surface area contributed by atoms with E-state index < -0.39 is 0 Å². The number of aliphatic hydroxyl groups is 1. The van der Waals surface area contributed by atoms with E-state index in [1.165, 1.54) is 49.3 Å². The molecule has 3 rings (SSSR count). The predicted molar refractivity (Wildman–Crippen MR) is 84.7 cm³/mol. The van der Waals surface area contributed by atoms with Crippen LogP contribution in [0, 0.1) is 5.92 Å². The van der Waals surface area contributed by atoms with E-state index >= 15 is 0 Å². The maximum atomic E-state index is 10.7. The van der Waals surface area contributed by atoms with Crippen molar-refractivity contribution < 1.29 is 5.11 Å². The molecule has 0 amide bonds. The molecule has 106 valence electrons. The van der Waals surface area contributed by atoms with Gasteiger partial charge in [-0.2, -0.15) is 0 Å². The minimum atomic E-state index is -0.316. The summed E-state index contributed by atoms with van der Waals surface area (Å²) in [7, 11) is 0. The molecule has 0 bridgehead atoms. The van der Waals surface area contributed by atoms with Gasteiger partial charge in [-0.3, -0.25) is 0 Å². The number of hydrogen-bond donors (Lipinski definition) is 1. The minimum Gasteiger partial charge on any atom is -0.388 e. The Morgan fingerprint density at radius 3 is 2.40 bits per heavy atom. The van der Waals surface area contributed by atoms with Crippen LogP contribution in [-0.4, -0.2) is 5.11 Å². The fraction of sp³-hybridized carbons (Fsp3) is 0.474. The average Bonchev–Trinajstić information content (AvgIpc) is 2.75. The molecular formula is C19H24O.